The van der Waals surface area contributed by atoms with Crippen molar-refractivity contribution in [3.63, 3.8) is 0 Å². The molecule has 278 valence electrons. The molecule has 54 heavy (non-hydrogen) atoms. The van der Waals surface area contributed by atoms with Gasteiger partial charge < -0.3 is 23.6 Å². The van der Waals surface area contributed by atoms with Crippen LogP contribution in [0.2, 0.25) is 18.6 Å². The third-order valence-corrected chi connectivity index (χ3v) is 14.0. The van der Waals surface area contributed by atoms with Crippen molar-refractivity contribution in [1.82, 2.24) is 15.0 Å². The van der Waals surface area contributed by atoms with Crippen LogP contribution in [0, 0.1) is 5.92 Å². The Morgan fingerprint density at radius 2 is 1.78 bits per heavy atom. The zero-order valence-corrected chi connectivity index (χ0v) is 32.8. The number of benzene rings is 4. The maximum Gasteiger partial charge on any atom is 0.269 e. The van der Waals surface area contributed by atoms with E-state index in [0.717, 1.165) is 15.6 Å². The standard InChI is InChI=1S/C41H41BrFN5O5Si/c1-26-39(54(2,3)43)37(18-19-46-23-33(44-45-46)31(24-49)28-11-5-4-6-12-28)53-41(26)32-21-29(42)16-17-34(32)47(40(41)51)22-27-10-9-13-30(20-27)48-35-14-7-8-15-36(35)52-25-38(48)50/h4-17,20-21,23,26,31,37,39,49H,18-19,22,24-25H2,1-3H3/t26-,31?,37+,39-,41+/m0/s1. The lowest BCUT2D eigenvalue weighted by atomic mass is 9.82. The number of aryl methyl sites for hydroxylation is 1. The van der Waals surface area contributed by atoms with Gasteiger partial charge in [0.15, 0.2) is 12.2 Å². The summed E-state index contributed by atoms with van der Waals surface area (Å²) in [4.78, 5) is 31.5. The summed E-state index contributed by atoms with van der Waals surface area (Å²) in [5.41, 5.74) is 3.27. The predicted molar refractivity (Wildman–Crippen MR) is 209 cm³/mol. The molecule has 1 spiro atoms. The van der Waals surface area contributed by atoms with Crippen molar-refractivity contribution in [1.29, 1.82) is 0 Å². The van der Waals surface area contributed by atoms with Crippen LogP contribution in [0.4, 0.5) is 21.2 Å². The van der Waals surface area contributed by atoms with Gasteiger partial charge in [-0.1, -0.05) is 82.7 Å². The van der Waals surface area contributed by atoms with E-state index < -0.39 is 31.6 Å². The van der Waals surface area contributed by atoms with Gasteiger partial charge >= 0.3 is 0 Å². The number of carbonyl (C=O) groups is 2. The fourth-order valence-electron chi connectivity index (χ4n) is 8.71. The van der Waals surface area contributed by atoms with E-state index in [1.165, 1.54) is 0 Å². The fraction of sp³-hybridized carbons (Fsp3) is 0.317. The molecule has 10 nitrogen and oxygen atoms in total. The number of anilines is 3. The van der Waals surface area contributed by atoms with Crippen LogP contribution >= 0.6 is 15.9 Å². The van der Waals surface area contributed by atoms with Gasteiger partial charge in [-0.2, -0.15) is 0 Å². The summed E-state index contributed by atoms with van der Waals surface area (Å²) >= 11 is 3.63. The monoisotopic (exact) mass is 809 g/mol. The second-order valence-electron chi connectivity index (χ2n) is 14.8. The molecule has 5 aromatic rings. The molecule has 0 aliphatic carbocycles. The van der Waals surface area contributed by atoms with Gasteiger partial charge in [-0.15, -0.1) is 5.10 Å². The Balaban J connectivity index is 1.08. The van der Waals surface area contributed by atoms with E-state index in [0.29, 0.717) is 47.0 Å². The molecule has 1 fully saturated rings. The fourth-order valence-corrected chi connectivity index (χ4v) is 11.6. The summed E-state index contributed by atoms with van der Waals surface area (Å²) in [5, 5.41) is 18.9. The van der Waals surface area contributed by atoms with Crippen LogP contribution in [-0.4, -0.2) is 59.6 Å². The number of aliphatic hydroxyl groups excluding tert-OH is 1. The first-order valence-electron chi connectivity index (χ1n) is 18.2. The van der Waals surface area contributed by atoms with Crippen molar-refractivity contribution >= 4 is 53.2 Å². The average Bonchev–Trinajstić information content (AvgIpc) is 3.81. The van der Waals surface area contributed by atoms with Gasteiger partial charge in [-0.05, 0) is 73.1 Å². The number of hydrogen-bond acceptors (Lipinski definition) is 7. The van der Waals surface area contributed by atoms with Crippen LogP contribution in [0.15, 0.2) is 108 Å². The molecule has 1 unspecified atom stereocenters. The quantitative estimate of drug-likeness (QED) is 0.114. The molecule has 3 aliphatic rings. The lowest BCUT2D eigenvalue weighted by Crippen LogP contribution is -2.45. The molecule has 0 radical (unpaired) electrons. The van der Waals surface area contributed by atoms with Crippen molar-refractivity contribution in [3.8, 4) is 5.75 Å². The topological polar surface area (TPSA) is 110 Å². The van der Waals surface area contributed by atoms with Gasteiger partial charge in [-0.25, -0.2) is 0 Å². The Bertz CT molecular complexity index is 2220. The Labute approximate surface area is 322 Å². The summed E-state index contributed by atoms with van der Waals surface area (Å²) in [7, 11) is -3.40. The molecule has 0 bridgehead atoms. The minimum absolute atomic E-state index is 0.0721. The first-order chi connectivity index (χ1) is 26.0. The highest BCUT2D eigenvalue weighted by Crippen LogP contribution is 2.60. The molecular weight excluding hydrogens is 769 g/mol. The van der Waals surface area contributed by atoms with E-state index in [4.69, 9.17) is 9.47 Å². The Hall–Kier alpha value is -4.69. The number of fused-ring (bicyclic) bond motifs is 3. The molecule has 4 aromatic carbocycles. The number of para-hydroxylation sites is 2. The van der Waals surface area contributed by atoms with Gasteiger partial charge in [0.05, 0.1) is 42.2 Å². The van der Waals surface area contributed by atoms with Crippen LogP contribution in [-0.2, 0) is 33.0 Å². The van der Waals surface area contributed by atoms with Gasteiger partial charge in [-0.3, -0.25) is 19.2 Å². The normalized spacial score (nSPS) is 22.7. The first-order valence-corrected chi connectivity index (χ1v) is 21.9. The van der Waals surface area contributed by atoms with Crippen molar-refractivity contribution in [2.45, 2.75) is 62.7 Å². The Kier molecular flexibility index (Phi) is 9.53. The predicted octanol–water partition coefficient (Wildman–Crippen LogP) is 7.63. The van der Waals surface area contributed by atoms with Crippen LogP contribution in [0.25, 0.3) is 0 Å². The highest BCUT2D eigenvalue weighted by Gasteiger charge is 2.66. The zero-order chi connectivity index (χ0) is 37.8. The number of nitrogens with zero attached hydrogens (tertiary/aromatic N) is 5. The molecule has 1 N–H and O–H groups in total. The summed E-state index contributed by atoms with van der Waals surface area (Å²) in [6.45, 7) is 5.77. The number of aliphatic hydroxyl groups is 1. The molecule has 1 aromatic heterocycles. The smallest absolute Gasteiger partial charge is 0.269 e. The minimum atomic E-state index is -3.40. The third-order valence-electron chi connectivity index (χ3n) is 11.1. The van der Waals surface area contributed by atoms with Gasteiger partial charge in [0.2, 0.25) is 8.41 Å². The van der Waals surface area contributed by atoms with E-state index in [9.17, 15) is 14.7 Å². The highest BCUT2D eigenvalue weighted by molar-refractivity contribution is 9.10. The van der Waals surface area contributed by atoms with E-state index in [-0.39, 0.29) is 37.5 Å². The zero-order valence-electron chi connectivity index (χ0n) is 30.2. The maximum absolute atomic E-state index is 16.5. The first kappa shape index (κ1) is 36.3. The second-order valence-corrected chi connectivity index (χ2v) is 19.5. The van der Waals surface area contributed by atoms with Crippen LogP contribution in [0.1, 0.15) is 41.6 Å². The van der Waals surface area contributed by atoms with E-state index in [1.54, 1.807) is 27.6 Å². The second kappa shape index (κ2) is 14.2. The number of ether oxygens (including phenoxy) is 2. The van der Waals surface area contributed by atoms with E-state index in [1.807, 2.05) is 110 Å². The molecule has 2 amide bonds. The summed E-state index contributed by atoms with van der Waals surface area (Å²) in [6, 6.07) is 30.4. The highest BCUT2D eigenvalue weighted by atomic mass is 79.9. The van der Waals surface area contributed by atoms with Crippen LogP contribution < -0.4 is 14.5 Å². The molecule has 4 heterocycles. The number of hydrogen-bond donors (Lipinski definition) is 1. The number of amides is 2. The number of aromatic nitrogens is 3. The van der Waals surface area contributed by atoms with Crippen molar-refractivity contribution in [2.24, 2.45) is 5.92 Å². The van der Waals surface area contributed by atoms with Crippen molar-refractivity contribution < 1.29 is 28.3 Å². The van der Waals surface area contributed by atoms with Gasteiger partial charge in [0.1, 0.15) is 5.75 Å². The molecule has 13 heteroatoms. The maximum atomic E-state index is 16.5. The van der Waals surface area contributed by atoms with Gasteiger partial charge in [0, 0.05) is 39.9 Å². The molecule has 0 saturated carbocycles. The Morgan fingerprint density at radius 3 is 2.56 bits per heavy atom. The lowest BCUT2D eigenvalue weighted by molar-refractivity contribution is -0.146. The van der Waals surface area contributed by atoms with E-state index >= 15 is 4.11 Å². The number of carbonyl (C=O) groups excluding carboxylic acids is 2. The number of halogens is 2. The minimum Gasteiger partial charge on any atom is -0.482 e. The molecule has 5 atom stereocenters. The largest absolute Gasteiger partial charge is 0.482 e. The van der Waals surface area contributed by atoms with Crippen LogP contribution in [0.5, 0.6) is 5.75 Å². The SMILES string of the molecule is C[C@H]1[C@H]([Si](C)(C)F)[C@@H](CCn2cc(C(CO)c3ccccc3)nn2)O[C@]12C(=O)N(Cc1cccc(N3C(=O)COc4ccccc43)c1)c1ccc(Br)cc12. The molecule has 3 aliphatic heterocycles. The Morgan fingerprint density at radius 1 is 1.00 bits per heavy atom. The summed E-state index contributed by atoms with van der Waals surface area (Å²) < 4.78 is 31.6. The average molecular weight is 811 g/mol. The third kappa shape index (κ3) is 6.26. The van der Waals surface area contributed by atoms with Gasteiger partial charge in [0.25, 0.3) is 11.8 Å². The summed E-state index contributed by atoms with van der Waals surface area (Å²) in [5.74, 6) is -0.577. The van der Waals surface area contributed by atoms with E-state index in [2.05, 4.69) is 26.2 Å². The van der Waals surface area contributed by atoms with Crippen molar-refractivity contribution in [3.05, 3.63) is 130 Å². The molecule has 1 saturated heterocycles. The van der Waals surface area contributed by atoms with Crippen molar-refractivity contribution in [2.75, 3.05) is 23.0 Å². The molecule has 8 rings (SSSR count). The lowest BCUT2D eigenvalue weighted by Gasteiger charge is -2.31. The number of rotatable bonds is 10. The summed E-state index contributed by atoms with van der Waals surface area (Å²) in [6.07, 6.45) is 1.68. The van der Waals surface area contributed by atoms with Crippen LogP contribution in [0.3, 0.4) is 0 Å². The molecular formula is C41H41BrFN5O5Si.